The summed E-state index contributed by atoms with van der Waals surface area (Å²) in [5.74, 6) is 1.77. The molecular weight excluding hydrogens is 508 g/mol. The number of esters is 1. The molecule has 8 atom stereocenters. The summed E-state index contributed by atoms with van der Waals surface area (Å²) in [4.78, 5) is 25.4. The van der Waals surface area contributed by atoms with Crippen molar-refractivity contribution in [2.75, 3.05) is 0 Å². The molecule has 0 spiro atoms. The molecule has 6 rings (SSSR count). The fourth-order valence-electron chi connectivity index (χ4n) is 11.4. The average molecular weight is 561 g/mol. The van der Waals surface area contributed by atoms with E-state index in [0.29, 0.717) is 23.1 Å². The summed E-state index contributed by atoms with van der Waals surface area (Å²) in [6.07, 6.45) is 13.5. The molecule has 0 heterocycles. The molecule has 0 aromatic heterocycles. The molecular formula is C37H52O4. The molecule has 41 heavy (non-hydrogen) atoms. The van der Waals surface area contributed by atoms with Crippen molar-refractivity contribution in [1.82, 2.24) is 0 Å². The Kier molecular flexibility index (Phi) is 6.60. The Balaban J connectivity index is 1.38. The largest absolute Gasteiger partial charge is 0.426 e. The number of carbonyl (C=O) groups excluding carboxylic acids is 2. The molecule has 4 fully saturated rings. The molecule has 0 unspecified atom stereocenters. The highest BCUT2D eigenvalue weighted by Gasteiger charge is 2.69. The van der Waals surface area contributed by atoms with Crippen molar-refractivity contribution in [2.45, 2.75) is 119 Å². The Hall–Kier alpha value is -1.94. The van der Waals surface area contributed by atoms with Gasteiger partial charge in [-0.25, -0.2) is 0 Å². The van der Waals surface area contributed by atoms with Gasteiger partial charge in [0.05, 0.1) is 11.5 Å². The van der Waals surface area contributed by atoms with Crippen LogP contribution in [-0.4, -0.2) is 23.5 Å². The second kappa shape index (κ2) is 9.28. The minimum atomic E-state index is -0.495. The van der Waals surface area contributed by atoms with Crippen LogP contribution >= 0.6 is 0 Å². The number of benzene rings is 1. The van der Waals surface area contributed by atoms with Gasteiger partial charge in [0.15, 0.2) is 0 Å². The summed E-state index contributed by atoms with van der Waals surface area (Å²) in [6, 6.07) is 6.94. The molecule has 224 valence electrons. The highest BCUT2D eigenvalue weighted by molar-refractivity contribution is 5.81. The molecule has 0 saturated heterocycles. The molecule has 5 aliphatic rings. The van der Waals surface area contributed by atoms with Gasteiger partial charge in [-0.3, -0.25) is 9.59 Å². The smallest absolute Gasteiger partial charge is 0.318 e. The van der Waals surface area contributed by atoms with Gasteiger partial charge in [-0.1, -0.05) is 60.1 Å². The Morgan fingerprint density at radius 2 is 1.56 bits per heavy atom. The third kappa shape index (κ3) is 4.01. The number of ether oxygens (including phenoxy) is 1. The number of allylic oxidation sites excluding steroid dienone is 2. The highest BCUT2D eigenvalue weighted by atomic mass is 16.5. The van der Waals surface area contributed by atoms with Gasteiger partial charge >= 0.3 is 5.97 Å². The lowest BCUT2D eigenvalue weighted by Gasteiger charge is -2.71. The van der Waals surface area contributed by atoms with Crippen LogP contribution in [0.1, 0.15) is 123 Å². The first-order chi connectivity index (χ1) is 19.1. The van der Waals surface area contributed by atoms with Gasteiger partial charge in [0.1, 0.15) is 12.0 Å². The Bertz CT molecular complexity index is 1260. The minimum absolute atomic E-state index is 0.0532. The minimum Gasteiger partial charge on any atom is -0.426 e. The number of hydrogen-bond donors (Lipinski definition) is 1. The zero-order valence-corrected chi connectivity index (χ0v) is 26.5. The van der Waals surface area contributed by atoms with Gasteiger partial charge in [-0.05, 0) is 133 Å². The van der Waals surface area contributed by atoms with Crippen LogP contribution in [0.15, 0.2) is 35.9 Å². The van der Waals surface area contributed by atoms with E-state index in [4.69, 9.17) is 4.74 Å². The maximum Gasteiger partial charge on any atom is 0.318 e. The number of fused-ring (bicyclic) bond motifs is 7. The highest BCUT2D eigenvalue weighted by Crippen LogP contribution is 2.75. The van der Waals surface area contributed by atoms with Crippen molar-refractivity contribution in [2.24, 2.45) is 50.2 Å². The Labute approximate surface area is 247 Å². The second-order valence-corrected chi connectivity index (χ2v) is 16.8. The average Bonchev–Trinajstić information content (AvgIpc) is 2.91. The van der Waals surface area contributed by atoms with E-state index in [1.54, 1.807) is 29.8 Å². The predicted octanol–water partition coefficient (Wildman–Crippen LogP) is 8.57. The predicted molar refractivity (Wildman–Crippen MR) is 163 cm³/mol. The summed E-state index contributed by atoms with van der Waals surface area (Å²) in [6.45, 7) is 17.1. The van der Waals surface area contributed by atoms with E-state index in [0.717, 1.165) is 57.7 Å². The standard InChI is InChI=1S/C37H52O4/c1-32(2)18-20-37(31(40)41-25-10-8-24(23-38)9-11-25)21-19-35(6)26(27(37)22-32)12-13-29-34(5)16-15-30(39)33(3,4)28(34)14-17-36(29,35)7/h8-12,23,27-30,39H,13-22H2,1-7H3/t27-,28-,29+,30-,34-,35+,36+,37-/m0/s1. The molecule has 1 aromatic carbocycles. The molecule has 0 bridgehead atoms. The molecule has 1 N–H and O–H groups in total. The summed E-state index contributed by atoms with van der Waals surface area (Å²) in [5.41, 5.74) is 2.20. The molecule has 0 aliphatic heterocycles. The number of hydrogen-bond acceptors (Lipinski definition) is 4. The van der Waals surface area contributed by atoms with E-state index >= 15 is 0 Å². The Morgan fingerprint density at radius 1 is 0.878 bits per heavy atom. The summed E-state index contributed by atoms with van der Waals surface area (Å²) in [7, 11) is 0. The van der Waals surface area contributed by atoms with Crippen molar-refractivity contribution in [3.63, 3.8) is 0 Å². The van der Waals surface area contributed by atoms with Crippen LogP contribution in [0, 0.1) is 50.2 Å². The van der Waals surface area contributed by atoms with E-state index in [1.165, 1.54) is 12.8 Å². The van der Waals surface area contributed by atoms with E-state index < -0.39 is 5.41 Å². The number of aliphatic hydroxyl groups excluding tert-OH is 1. The second-order valence-electron chi connectivity index (χ2n) is 16.8. The first-order valence-electron chi connectivity index (χ1n) is 16.3. The van der Waals surface area contributed by atoms with Crippen molar-refractivity contribution < 1.29 is 19.4 Å². The van der Waals surface area contributed by atoms with Gasteiger partial charge < -0.3 is 9.84 Å². The van der Waals surface area contributed by atoms with E-state index in [9.17, 15) is 14.7 Å². The molecule has 4 heteroatoms. The van der Waals surface area contributed by atoms with Crippen LogP contribution < -0.4 is 4.74 Å². The van der Waals surface area contributed by atoms with E-state index in [1.807, 2.05) is 0 Å². The number of carbonyl (C=O) groups is 2. The monoisotopic (exact) mass is 560 g/mol. The number of aliphatic hydroxyl groups is 1. The quantitative estimate of drug-likeness (QED) is 0.174. The Morgan fingerprint density at radius 3 is 2.24 bits per heavy atom. The van der Waals surface area contributed by atoms with Crippen molar-refractivity contribution in [3.8, 4) is 5.75 Å². The van der Waals surface area contributed by atoms with Crippen LogP contribution in [0.4, 0.5) is 0 Å². The maximum absolute atomic E-state index is 14.2. The zero-order chi connectivity index (χ0) is 29.6. The first kappa shape index (κ1) is 29.1. The summed E-state index contributed by atoms with van der Waals surface area (Å²) in [5, 5.41) is 11.0. The van der Waals surface area contributed by atoms with Gasteiger partial charge in [-0.15, -0.1) is 0 Å². The van der Waals surface area contributed by atoms with E-state index in [-0.39, 0.29) is 45.1 Å². The molecule has 0 radical (unpaired) electrons. The van der Waals surface area contributed by atoms with Crippen LogP contribution in [0.3, 0.4) is 0 Å². The summed E-state index contributed by atoms with van der Waals surface area (Å²) < 4.78 is 6.14. The zero-order valence-electron chi connectivity index (χ0n) is 26.5. The molecule has 0 amide bonds. The number of aldehydes is 1. The lowest BCUT2D eigenvalue weighted by atomic mass is 9.33. The van der Waals surface area contributed by atoms with Gasteiger partial charge in [0.2, 0.25) is 0 Å². The van der Waals surface area contributed by atoms with Crippen molar-refractivity contribution >= 4 is 12.3 Å². The van der Waals surface area contributed by atoms with Crippen LogP contribution in [0.2, 0.25) is 0 Å². The lowest BCUT2D eigenvalue weighted by molar-refractivity contribution is -0.205. The third-order valence-corrected chi connectivity index (χ3v) is 14.2. The van der Waals surface area contributed by atoms with Crippen LogP contribution in [-0.2, 0) is 4.79 Å². The molecule has 5 aliphatic carbocycles. The van der Waals surface area contributed by atoms with Gasteiger partial charge in [-0.2, -0.15) is 0 Å². The normalized spacial score (nSPS) is 44.2. The fourth-order valence-corrected chi connectivity index (χ4v) is 11.4. The van der Waals surface area contributed by atoms with Crippen LogP contribution in [0.25, 0.3) is 0 Å². The van der Waals surface area contributed by atoms with Crippen LogP contribution in [0.5, 0.6) is 5.75 Å². The van der Waals surface area contributed by atoms with Gasteiger partial charge in [0.25, 0.3) is 0 Å². The SMILES string of the molecule is CC1(C)CC[C@]2(C(=O)Oc3ccc(C=O)cc3)CC[C@]3(C)C(=CC[C@@H]4[C@@]5(C)CC[C@H](O)C(C)(C)[C@@H]5CC[C@]43C)[C@@H]2C1. The number of rotatable bonds is 3. The fraction of sp³-hybridized carbons (Fsp3) is 0.730. The first-order valence-corrected chi connectivity index (χ1v) is 16.3. The maximum atomic E-state index is 14.2. The van der Waals surface area contributed by atoms with Crippen molar-refractivity contribution in [1.29, 1.82) is 0 Å². The summed E-state index contributed by atoms with van der Waals surface area (Å²) >= 11 is 0. The lowest BCUT2D eigenvalue weighted by Crippen LogP contribution is -2.65. The topological polar surface area (TPSA) is 63.6 Å². The molecule has 4 nitrogen and oxygen atoms in total. The third-order valence-electron chi connectivity index (χ3n) is 14.2. The molecule has 1 aromatic rings. The van der Waals surface area contributed by atoms with Crippen molar-refractivity contribution in [3.05, 3.63) is 41.5 Å². The molecule has 4 saturated carbocycles. The van der Waals surface area contributed by atoms with Gasteiger partial charge in [0, 0.05) is 5.56 Å². The van der Waals surface area contributed by atoms with E-state index in [2.05, 4.69) is 54.5 Å².